The maximum Gasteiger partial charge on any atom is 0.203 e. The first kappa shape index (κ1) is 9.73. The van der Waals surface area contributed by atoms with Crippen LogP contribution in [0.15, 0.2) is 36.7 Å². The molecule has 0 amide bonds. The number of aromatic nitrogens is 1. The van der Waals surface area contributed by atoms with Crippen LogP contribution in [0.4, 0.5) is 0 Å². The maximum atomic E-state index is 11.8. The van der Waals surface area contributed by atoms with E-state index in [-0.39, 0.29) is 5.78 Å². The van der Waals surface area contributed by atoms with E-state index in [2.05, 4.69) is 4.98 Å². The Morgan fingerprint density at radius 2 is 1.93 bits per heavy atom. The number of pyridine rings is 1. The quantitative estimate of drug-likeness (QED) is 0.584. The van der Waals surface area contributed by atoms with Crippen LogP contribution in [0.2, 0.25) is 0 Å². The molecule has 0 aliphatic heterocycles. The van der Waals surface area contributed by atoms with Crippen molar-refractivity contribution in [1.29, 1.82) is 0 Å². The average Bonchev–Trinajstić information content (AvgIpc) is 2.78. The normalized spacial score (nSPS) is 9.87. The van der Waals surface area contributed by atoms with Crippen LogP contribution in [0.1, 0.15) is 24.9 Å². The summed E-state index contributed by atoms with van der Waals surface area (Å²) in [7, 11) is 0. The molecular weight excluding hydrogens is 210 g/mol. The highest BCUT2D eigenvalue weighted by Crippen LogP contribution is 2.18. The first-order valence-electron chi connectivity index (χ1n) is 4.31. The lowest BCUT2D eigenvalue weighted by atomic mass is 10.1. The SMILES string of the molecule is O=Cc1ccc(C(=O)c2ccncc2)s1. The maximum absolute atomic E-state index is 11.8. The molecular formula is C11H7NO2S. The van der Waals surface area contributed by atoms with Gasteiger partial charge in [0, 0.05) is 18.0 Å². The number of nitrogens with zero attached hydrogens (tertiary/aromatic N) is 1. The Hall–Kier alpha value is -1.81. The van der Waals surface area contributed by atoms with E-state index in [4.69, 9.17) is 0 Å². The molecule has 0 unspecified atom stereocenters. The summed E-state index contributed by atoms with van der Waals surface area (Å²) in [5.74, 6) is -0.0736. The van der Waals surface area contributed by atoms with Crippen LogP contribution in [0.5, 0.6) is 0 Å². The molecule has 3 nitrogen and oxygen atoms in total. The van der Waals surface area contributed by atoms with E-state index in [1.54, 1.807) is 36.7 Å². The van der Waals surface area contributed by atoms with E-state index in [1.165, 1.54) is 11.3 Å². The second-order valence-corrected chi connectivity index (χ2v) is 4.00. The van der Waals surface area contributed by atoms with Gasteiger partial charge in [0.15, 0.2) is 6.29 Å². The average molecular weight is 217 g/mol. The summed E-state index contributed by atoms with van der Waals surface area (Å²) in [6.45, 7) is 0. The molecule has 2 aromatic heterocycles. The van der Waals surface area contributed by atoms with Crippen molar-refractivity contribution in [3.63, 3.8) is 0 Å². The molecule has 0 aromatic carbocycles. The molecule has 0 fully saturated rings. The predicted molar refractivity (Wildman–Crippen MR) is 57.4 cm³/mol. The van der Waals surface area contributed by atoms with Gasteiger partial charge in [0.05, 0.1) is 9.75 Å². The minimum atomic E-state index is -0.0736. The van der Waals surface area contributed by atoms with Gasteiger partial charge in [-0.15, -0.1) is 11.3 Å². The summed E-state index contributed by atoms with van der Waals surface area (Å²) in [5, 5.41) is 0. The van der Waals surface area contributed by atoms with E-state index in [0.29, 0.717) is 15.3 Å². The Morgan fingerprint density at radius 1 is 1.20 bits per heavy atom. The van der Waals surface area contributed by atoms with Gasteiger partial charge in [-0.3, -0.25) is 14.6 Å². The van der Waals surface area contributed by atoms with E-state index in [1.807, 2.05) is 0 Å². The molecule has 0 saturated carbocycles. The number of aldehydes is 1. The zero-order valence-electron chi connectivity index (χ0n) is 7.71. The first-order chi connectivity index (χ1) is 7.31. The zero-order valence-corrected chi connectivity index (χ0v) is 8.53. The smallest absolute Gasteiger partial charge is 0.203 e. The highest BCUT2D eigenvalue weighted by molar-refractivity contribution is 7.15. The minimum Gasteiger partial charge on any atom is -0.297 e. The Balaban J connectivity index is 2.32. The second kappa shape index (κ2) is 4.14. The Morgan fingerprint density at radius 3 is 2.53 bits per heavy atom. The fourth-order valence-corrected chi connectivity index (χ4v) is 1.97. The molecule has 2 aromatic rings. The van der Waals surface area contributed by atoms with Gasteiger partial charge in [0.25, 0.3) is 0 Å². The van der Waals surface area contributed by atoms with Crippen molar-refractivity contribution in [2.24, 2.45) is 0 Å². The lowest BCUT2D eigenvalue weighted by Gasteiger charge is -1.95. The van der Waals surface area contributed by atoms with Crippen molar-refractivity contribution in [2.45, 2.75) is 0 Å². The van der Waals surface area contributed by atoms with Crippen molar-refractivity contribution in [2.75, 3.05) is 0 Å². The summed E-state index contributed by atoms with van der Waals surface area (Å²) in [5.41, 5.74) is 0.587. The Labute approximate surface area is 90.4 Å². The molecule has 0 N–H and O–H groups in total. The third-order valence-corrected chi connectivity index (χ3v) is 2.92. The number of hydrogen-bond acceptors (Lipinski definition) is 4. The number of carbonyl (C=O) groups is 2. The van der Waals surface area contributed by atoms with Gasteiger partial charge in [-0.1, -0.05) is 0 Å². The van der Waals surface area contributed by atoms with Crippen molar-refractivity contribution >= 4 is 23.4 Å². The van der Waals surface area contributed by atoms with Gasteiger partial charge in [0.1, 0.15) is 0 Å². The second-order valence-electron chi connectivity index (χ2n) is 2.88. The standard InChI is InChI=1S/C11H7NO2S/c13-7-9-1-2-10(15-9)11(14)8-3-5-12-6-4-8/h1-7H. The predicted octanol–water partition coefficient (Wildman–Crippen LogP) is 2.19. The number of hydrogen-bond donors (Lipinski definition) is 0. The van der Waals surface area contributed by atoms with Crippen LogP contribution in [0.25, 0.3) is 0 Å². The molecule has 0 bridgehead atoms. The third-order valence-electron chi connectivity index (χ3n) is 1.91. The fourth-order valence-electron chi connectivity index (χ4n) is 1.18. The number of rotatable bonds is 3. The van der Waals surface area contributed by atoms with Gasteiger partial charge in [-0.2, -0.15) is 0 Å². The van der Waals surface area contributed by atoms with Crippen molar-refractivity contribution in [3.8, 4) is 0 Å². The van der Waals surface area contributed by atoms with Crippen LogP contribution < -0.4 is 0 Å². The van der Waals surface area contributed by atoms with Crippen molar-refractivity contribution < 1.29 is 9.59 Å². The van der Waals surface area contributed by atoms with Gasteiger partial charge in [-0.05, 0) is 24.3 Å². The molecule has 15 heavy (non-hydrogen) atoms. The molecule has 0 spiro atoms. The molecule has 74 valence electrons. The summed E-state index contributed by atoms with van der Waals surface area (Å²) in [6.07, 6.45) is 3.89. The first-order valence-corrected chi connectivity index (χ1v) is 5.12. The molecule has 0 saturated heterocycles. The highest BCUT2D eigenvalue weighted by Gasteiger charge is 2.10. The van der Waals surface area contributed by atoms with Crippen molar-refractivity contribution in [3.05, 3.63) is 52.0 Å². The fraction of sp³-hybridized carbons (Fsp3) is 0. The van der Waals surface area contributed by atoms with Crippen LogP contribution in [0, 0.1) is 0 Å². The Kier molecular flexibility index (Phi) is 2.69. The summed E-state index contributed by atoms with van der Waals surface area (Å²) >= 11 is 1.20. The van der Waals surface area contributed by atoms with Gasteiger partial charge < -0.3 is 0 Å². The van der Waals surface area contributed by atoms with Crippen LogP contribution in [-0.2, 0) is 0 Å². The number of thiophene rings is 1. The molecule has 0 aliphatic rings. The molecule has 0 radical (unpaired) electrons. The van der Waals surface area contributed by atoms with Gasteiger partial charge in [0.2, 0.25) is 5.78 Å². The number of ketones is 1. The third kappa shape index (κ3) is 1.99. The summed E-state index contributed by atoms with van der Waals surface area (Å²) in [6, 6.07) is 6.62. The highest BCUT2D eigenvalue weighted by atomic mass is 32.1. The van der Waals surface area contributed by atoms with E-state index in [0.717, 1.165) is 6.29 Å². The van der Waals surface area contributed by atoms with Gasteiger partial charge >= 0.3 is 0 Å². The molecule has 0 atom stereocenters. The van der Waals surface area contributed by atoms with E-state index in [9.17, 15) is 9.59 Å². The van der Waals surface area contributed by atoms with Crippen molar-refractivity contribution in [1.82, 2.24) is 4.98 Å². The van der Waals surface area contributed by atoms with Crippen LogP contribution in [0.3, 0.4) is 0 Å². The minimum absolute atomic E-state index is 0.0736. The number of carbonyl (C=O) groups excluding carboxylic acids is 2. The monoisotopic (exact) mass is 217 g/mol. The van der Waals surface area contributed by atoms with Crippen LogP contribution >= 0.6 is 11.3 Å². The van der Waals surface area contributed by atoms with E-state index >= 15 is 0 Å². The molecule has 2 rings (SSSR count). The van der Waals surface area contributed by atoms with E-state index < -0.39 is 0 Å². The van der Waals surface area contributed by atoms with Crippen LogP contribution in [-0.4, -0.2) is 17.1 Å². The summed E-state index contributed by atoms with van der Waals surface area (Å²) < 4.78 is 0. The molecule has 4 heteroatoms. The zero-order chi connectivity index (χ0) is 10.7. The topological polar surface area (TPSA) is 47.0 Å². The largest absolute Gasteiger partial charge is 0.297 e. The lowest BCUT2D eigenvalue weighted by molar-refractivity contribution is 0.104. The van der Waals surface area contributed by atoms with Gasteiger partial charge in [-0.25, -0.2) is 0 Å². The molecule has 0 aliphatic carbocycles. The lowest BCUT2D eigenvalue weighted by Crippen LogP contribution is -1.97. The Bertz CT molecular complexity index is 490. The molecule has 2 heterocycles. The summed E-state index contributed by atoms with van der Waals surface area (Å²) in [4.78, 5) is 27.3.